The van der Waals surface area contributed by atoms with Gasteiger partial charge in [-0.25, -0.2) is 0 Å². The lowest BCUT2D eigenvalue weighted by Gasteiger charge is -2.00. The van der Waals surface area contributed by atoms with Crippen molar-refractivity contribution in [3.05, 3.63) is 24.3 Å². The first-order chi connectivity index (χ1) is 4.86. The highest BCUT2D eigenvalue weighted by Gasteiger charge is 1.89. The summed E-state index contributed by atoms with van der Waals surface area (Å²) in [5.74, 6) is 5.59. The summed E-state index contributed by atoms with van der Waals surface area (Å²) < 4.78 is 0. The Morgan fingerprint density at radius 1 is 1.27 bits per heavy atom. The molecule has 0 fully saturated rings. The van der Waals surface area contributed by atoms with Crippen LogP contribution in [0.2, 0.25) is 0 Å². The number of hydrogen-bond donors (Lipinski definition) is 3. The molecule has 11 heavy (non-hydrogen) atoms. The van der Waals surface area contributed by atoms with Gasteiger partial charge in [-0.3, -0.25) is 0 Å². The SMILES string of the molecule is CNc1ccc(ON)cc1.N. The van der Waals surface area contributed by atoms with Gasteiger partial charge in [0.25, 0.3) is 0 Å². The predicted octanol–water partition coefficient (Wildman–Crippen LogP) is 1.14. The van der Waals surface area contributed by atoms with E-state index < -0.39 is 0 Å². The molecule has 62 valence electrons. The van der Waals surface area contributed by atoms with Crippen molar-refractivity contribution in [2.45, 2.75) is 0 Å². The summed E-state index contributed by atoms with van der Waals surface area (Å²) >= 11 is 0. The van der Waals surface area contributed by atoms with E-state index in [4.69, 9.17) is 5.90 Å². The summed E-state index contributed by atoms with van der Waals surface area (Å²) in [4.78, 5) is 4.49. The predicted molar refractivity (Wildman–Crippen MR) is 45.8 cm³/mol. The first-order valence-corrected chi connectivity index (χ1v) is 3.01. The average molecular weight is 155 g/mol. The minimum atomic E-state index is 0. The standard InChI is InChI=1S/C7H10N2O.H3N/c1-9-6-2-4-7(10-8)5-3-6;/h2-5,9H,8H2,1H3;1H3. The van der Waals surface area contributed by atoms with Crippen LogP contribution in [0.15, 0.2) is 24.3 Å². The van der Waals surface area contributed by atoms with Crippen LogP contribution in [0.1, 0.15) is 0 Å². The van der Waals surface area contributed by atoms with Crippen molar-refractivity contribution in [1.82, 2.24) is 6.15 Å². The Morgan fingerprint density at radius 3 is 2.18 bits per heavy atom. The van der Waals surface area contributed by atoms with Crippen molar-refractivity contribution in [3.8, 4) is 5.75 Å². The van der Waals surface area contributed by atoms with E-state index in [1.165, 1.54) is 0 Å². The average Bonchev–Trinajstić information content (AvgIpc) is 2.05. The fourth-order valence-corrected chi connectivity index (χ4v) is 0.700. The highest BCUT2D eigenvalue weighted by molar-refractivity contribution is 5.45. The second-order valence-electron chi connectivity index (χ2n) is 1.89. The van der Waals surface area contributed by atoms with Crippen LogP contribution < -0.4 is 22.2 Å². The number of nitrogens with one attached hydrogen (secondary N) is 1. The molecule has 1 aromatic rings. The van der Waals surface area contributed by atoms with Crippen LogP contribution >= 0.6 is 0 Å². The maximum absolute atomic E-state index is 4.92. The van der Waals surface area contributed by atoms with Crippen LogP contribution in [-0.2, 0) is 0 Å². The Labute approximate surface area is 65.9 Å². The topological polar surface area (TPSA) is 82.3 Å². The first-order valence-electron chi connectivity index (χ1n) is 3.01. The highest BCUT2D eigenvalue weighted by Crippen LogP contribution is 2.13. The molecule has 0 unspecified atom stereocenters. The minimum absolute atomic E-state index is 0. The van der Waals surface area contributed by atoms with Gasteiger partial charge in [0, 0.05) is 12.7 Å². The molecule has 0 amide bonds. The van der Waals surface area contributed by atoms with E-state index in [0.717, 1.165) is 5.69 Å². The van der Waals surface area contributed by atoms with Gasteiger partial charge in [0.1, 0.15) is 5.75 Å². The van der Waals surface area contributed by atoms with E-state index in [1.54, 1.807) is 12.1 Å². The van der Waals surface area contributed by atoms with E-state index in [0.29, 0.717) is 5.75 Å². The van der Waals surface area contributed by atoms with Crippen molar-refractivity contribution in [2.24, 2.45) is 5.90 Å². The molecule has 0 bridgehead atoms. The smallest absolute Gasteiger partial charge is 0.146 e. The molecular formula is C7H13N3O. The molecule has 0 radical (unpaired) electrons. The summed E-state index contributed by atoms with van der Waals surface area (Å²) in [6, 6.07) is 7.38. The Balaban J connectivity index is 0.000001000. The number of nitrogens with two attached hydrogens (primary N) is 1. The molecule has 0 heterocycles. The third-order valence-corrected chi connectivity index (χ3v) is 1.28. The van der Waals surface area contributed by atoms with Gasteiger partial charge in [-0.1, -0.05) is 0 Å². The molecule has 0 atom stereocenters. The van der Waals surface area contributed by atoms with Gasteiger partial charge in [-0.2, -0.15) is 5.90 Å². The summed E-state index contributed by atoms with van der Waals surface area (Å²) in [5.41, 5.74) is 1.04. The van der Waals surface area contributed by atoms with Crippen LogP contribution in [0.5, 0.6) is 5.75 Å². The number of anilines is 1. The van der Waals surface area contributed by atoms with Crippen molar-refractivity contribution >= 4 is 5.69 Å². The molecule has 1 aromatic carbocycles. The van der Waals surface area contributed by atoms with Gasteiger partial charge >= 0.3 is 0 Å². The van der Waals surface area contributed by atoms with E-state index >= 15 is 0 Å². The normalized spacial score (nSPS) is 8.18. The molecule has 1 rings (SSSR count). The Bertz CT molecular complexity index is 174. The molecule has 0 saturated carbocycles. The zero-order valence-electron chi connectivity index (χ0n) is 6.50. The Morgan fingerprint density at radius 2 is 1.82 bits per heavy atom. The number of hydrogen-bond acceptors (Lipinski definition) is 4. The fraction of sp³-hybridized carbons (Fsp3) is 0.143. The molecule has 0 spiro atoms. The molecule has 6 N–H and O–H groups in total. The van der Waals surface area contributed by atoms with Gasteiger partial charge in [-0.05, 0) is 24.3 Å². The van der Waals surface area contributed by atoms with E-state index in [1.807, 2.05) is 19.2 Å². The van der Waals surface area contributed by atoms with Crippen LogP contribution in [0.4, 0.5) is 5.69 Å². The lowest BCUT2D eigenvalue weighted by Crippen LogP contribution is -2.01. The number of benzene rings is 1. The lowest BCUT2D eigenvalue weighted by atomic mass is 10.3. The Kier molecular flexibility index (Phi) is 4.02. The largest absolute Gasteiger partial charge is 0.412 e. The lowest BCUT2D eigenvalue weighted by molar-refractivity contribution is 0.334. The second kappa shape index (κ2) is 4.54. The van der Waals surface area contributed by atoms with Gasteiger partial charge in [-0.15, -0.1) is 0 Å². The number of rotatable bonds is 2. The first kappa shape index (κ1) is 9.74. The molecule has 0 saturated heterocycles. The molecule has 0 aliphatic rings. The maximum Gasteiger partial charge on any atom is 0.146 e. The third-order valence-electron chi connectivity index (χ3n) is 1.28. The minimum Gasteiger partial charge on any atom is -0.412 e. The maximum atomic E-state index is 4.92. The van der Waals surface area contributed by atoms with Gasteiger partial charge in [0.15, 0.2) is 0 Å². The van der Waals surface area contributed by atoms with Crippen LogP contribution in [0, 0.1) is 0 Å². The van der Waals surface area contributed by atoms with Gasteiger partial charge < -0.3 is 16.3 Å². The quantitative estimate of drug-likeness (QED) is 0.559. The summed E-state index contributed by atoms with van der Waals surface area (Å²) in [7, 11) is 1.86. The molecule has 4 heteroatoms. The van der Waals surface area contributed by atoms with E-state index in [-0.39, 0.29) is 6.15 Å². The van der Waals surface area contributed by atoms with Crippen molar-refractivity contribution in [1.29, 1.82) is 0 Å². The fourth-order valence-electron chi connectivity index (χ4n) is 0.700. The molecule has 4 nitrogen and oxygen atoms in total. The summed E-state index contributed by atoms with van der Waals surface area (Å²) in [5, 5.41) is 2.98. The van der Waals surface area contributed by atoms with E-state index in [9.17, 15) is 0 Å². The zero-order chi connectivity index (χ0) is 7.40. The molecule has 0 aliphatic carbocycles. The van der Waals surface area contributed by atoms with Crippen molar-refractivity contribution < 1.29 is 4.84 Å². The van der Waals surface area contributed by atoms with Crippen LogP contribution in [-0.4, -0.2) is 7.05 Å². The van der Waals surface area contributed by atoms with E-state index in [2.05, 4.69) is 10.2 Å². The second-order valence-corrected chi connectivity index (χ2v) is 1.89. The summed E-state index contributed by atoms with van der Waals surface area (Å²) in [6.45, 7) is 0. The van der Waals surface area contributed by atoms with Gasteiger partial charge in [0.05, 0.1) is 0 Å². The Hall–Kier alpha value is -1.26. The van der Waals surface area contributed by atoms with Crippen molar-refractivity contribution in [3.63, 3.8) is 0 Å². The zero-order valence-corrected chi connectivity index (χ0v) is 6.50. The molecule has 0 aliphatic heterocycles. The molecular weight excluding hydrogens is 142 g/mol. The van der Waals surface area contributed by atoms with Crippen LogP contribution in [0.25, 0.3) is 0 Å². The monoisotopic (exact) mass is 155 g/mol. The summed E-state index contributed by atoms with van der Waals surface area (Å²) in [6.07, 6.45) is 0. The molecule has 0 aromatic heterocycles. The third kappa shape index (κ3) is 2.45. The van der Waals surface area contributed by atoms with Crippen LogP contribution in [0.3, 0.4) is 0 Å². The van der Waals surface area contributed by atoms with Crippen molar-refractivity contribution in [2.75, 3.05) is 12.4 Å². The highest BCUT2D eigenvalue weighted by atomic mass is 16.6. The van der Waals surface area contributed by atoms with Gasteiger partial charge in [0.2, 0.25) is 0 Å².